The average molecular weight is 271 g/mol. The lowest BCUT2D eigenvalue weighted by Gasteiger charge is -2.60. The molecule has 4 bridgehead atoms. The molecule has 0 atom stereocenters. The Kier molecular flexibility index (Phi) is 4.68. The van der Waals surface area contributed by atoms with Gasteiger partial charge in [-0.05, 0) is 67.6 Å². The fourth-order valence-electron chi connectivity index (χ4n) is 5.57. The first-order chi connectivity index (χ1) is 8.49. The molecule has 0 spiro atoms. The van der Waals surface area contributed by atoms with Crippen LogP contribution in [0, 0.1) is 22.7 Å². The molecule has 0 radical (unpaired) electrons. The minimum atomic E-state index is 0.763. The van der Waals surface area contributed by atoms with Crippen molar-refractivity contribution in [1.82, 2.24) is 0 Å². The zero-order valence-corrected chi connectivity index (χ0v) is 13.4. The van der Waals surface area contributed by atoms with Gasteiger partial charge < -0.3 is 0 Å². The summed E-state index contributed by atoms with van der Waals surface area (Å²) in [7, 11) is 0. The highest BCUT2D eigenvalue weighted by Crippen LogP contribution is 2.64. The van der Waals surface area contributed by atoms with Crippen LogP contribution < -0.4 is 0 Å². The number of hydrogen-bond acceptors (Lipinski definition) is 0. The standard InChI is InChI=1S/C12H20.C5H11Cl/c1-11-4-9-3-10(5-11)7-12(2,6-9)8-11;1-2-3-4-5-6/h9-10H,3-8H2,1-2H3;2-5H2,1H3. The molecule has 1 heteroatoms. The Labute approximate surface area is 119 Å². The highest BCUT2D eigenvalue weighted by molar-refractivity contribution is 6.17. The van der Waals surface area contributed by atoms with E-state index >= 15 is 0 Å². The maximum Gasteiger partial charge on any atom is 0.0223 e. The zero-order chi connectivity index (χ0) is 13.2. The smallest absolute Gasteiger partial charge is 0.0223 e. The molecule has 106 valence electrons. The van der Waals surface area contributed by atoms with Crippen LogP contribution in [0.4, 0.5) is 0 Å². The minimum absolute atomic E-state index is 0.763. The third kappa shape index (κ3) is 3.44. The van der Waals surface area contributed by atoms with Crippen molar-refractivity contribution in [3.8, 4) is 0 Å². The van der Waals surface area contributed by atoms with E-state index in [1.165, 1.54) is 25.7 Å². The van der Waals surface area contributed by atoms with E-state index < -0.39 is 0 Å². The minimum Gasteiger partial charge on any atom is -0.127 e. The van der Waals surface area contributed by atoms with Gasteiger partial charge in [-0.1, -0.05) is 33.6 Å². The van der Waals surface area contributed by atoms with Gasteiger partial charge in [-0.25, -0.2) is 0 Å². The quantitative estimate of drug-likeness (QED) is 0.434. The average Bonchev–Trinajstić information content (AvgIpc) is 2.22. The van der Waals surface area contributed by atoms with Crippen LogP contribution >= 0.6 is 11.6 Å². The summed E-state index contributed by atoms with van der Waals surface area (Å²) in [6.07, 6.45) is 13.1. The van der Waals surface area contributed by atoms with Gasteiger partial charge in [-0.3, -0.25) is 0 Å². The number of rotatable bonds is 3. The molecule has 0 heterocycles. The van der Waals surface area contributed by atoms with E-state index in [4.69, 9.17) is 11.6 Å². The van der Waals surface area contributed by atoms with Crippen LogP contribution in [0.3, 0.4) is 0 Å². The summed E-state index contributed by atoms with van der Waals surface area (Å²) >= 11 is 5.38. The van der Waals surface area contributed by atoms with Crippen molar-refractivity contribution in [1.29, 1.82) is 0 Å². The van der Waals surface area contributed by atoms with Crippen molar-refractivity contribution in [3.05, 3.63) is 0 Å². The Morgan fingerprint density at radius 2 is 1.44 bits per heavy atom. The summed E-state index contributed by atoms with van der Waals surface area (Å²) in [6, 6.07) is 0. The van der Waals surface area contributed by atoms with E-state index in [2.05, 4.69) is 20.8 Å². The second kappa shape index (κ2) is 5.73. The molecule has 4 aliphatic carbocycles. The first-order valence-corrected chi connectivity index (χ1v) is 8.58. The molecule has 0 saturated heterocycles. The predicted octanol–water partition coefficient (Wildman–Crippen LogP) is 6.03. The lowest BCUT2D eigenvalue weighted by Crippen LogP contribution is -2.49. The number of hydrogen-bond donors (Lipinski definition) is 0. The molecule has 18 heavy (non-hydrogen) atoms. The van der Waals surface area contributed by atoms with E-state index in [0.29, 0.717) is 0 Å². The maximum absolute atomic E-state index is 5.38. The lowest BCUT2D eigenvalue weighted by molar-refractivity contribution is -0.0920. The number of alkyl halides is 1. The summed E-state index contributed by atoms with van der Waals surface area (Å²) < 4.78 is 0. The van der Waals surface area contributed by atoms with Crippen molar-refractivity contribution >= 4 is 11.6 Å². The predicted molar refractivity (Wildman–Crippen MR) is 81.1 cm³/mol. The van der Waals surface area contributed by atoms with Crippen molar-refractivity contribution in [3.63, 3.8) is 0 Å². The molecule has 0 aromatic heterocycles. The molecule has 0 nitrogen and oxygen atoms in total. The van der Waals surface area contributed by atoms with Crippen LogP contribution in [0.1, 0.15) is 78.6 Å². The fraction of sp³-hybridized carbons (Fsp3) is 1.00. The molecule has 0 aromatic rings. The summed E-state index contributed by atoms with van der Waals surface area (Å²) in [4.78, 5) is 0. The van der Waals surface area contributed by atoms with Crippen molar-refractivity contribution < 1.29 is 0 Å². The highest BCUT2D eigenvalue weighted by atomic mass is 35.5. The Morgan fingerprint density at radius 1 is 0.944 bits per heavy atom. The molecule has 0 aliphatic heterocycles. The Balaban J connectivity index is 0.000000174. The Hall–Kier alpha value is 0.290. The van der Waals surface area contributed by atoms with Crippen LogP contribution in [0.2, 0.25) is 0 Å². The van der Waals surface area contributed by atoms with E-state index in [1.807, 2.05) is 0 Å². The van der Waals surface area contributed by atoms with Crippen LogP contribution in [0.5, 0.6) is 0 Å². The van der Waals surface area contributed by atoms with Gasteiger partial charge in [0.2, 0.25) is 0 Å². The van der Waals surface area contributed by atoms with Gasteiger partial charge in [-0.2, -0.15) is 0 Å². The summed E-state index contributed by atoms with van der Waals surface area (Å²) in [5, 5.41) is 0. The molecular weight excluding hydrogens is 240 g/mol. The fourth-order valence-corrected chi connectivity index (χ4v) is 5.76. The van der Waals surface area contributed by atoms with Gasteiger partial charge in [0.25, 0.3) is 0 Å². The second-order valence-electron chi connectivity index (χ2n) is 7.98. The van der Waals surface area contributed by atoms with Crippen LogP contribution in [0.15, 0.2) is 0 Å². The summed E-state index contributed by atoms with van der Waals surface area (Å²) in [5.74, 6) is 3.05. The summed E-state index contributed by atoms with van der Waals surface area (Å²) in [6.45, 7) is 7.26. The van der Waals surface area contributed by atoms with Gasteiger partial charge >= 0.3 is 0 Å². The van der Waals surface area contributed by atoms with Crippen LogP contribution in [-0.2, 0) is 0 Å². The van der Waals surface area contributed by atoms with Crippen LogP contribution in [-0.4, -0.2) is 5.88 Å². The van der Waals surface area contributed by atoms with Crippen molar-refractivity contribution in [2.75, 3.05) is 5.88 Å². The monoisotopic (exact) mass is 270 g/mol. The molecule has 4 aliphatic rings. The van der Waals surface area contributed by atoms with E-state index in [9.17, 15) is 0 Å². The molecule has 4 saturated carbocycles. The largest absolute Gasteiger partial charge is 0.127 e. The Morgan fingerprint density at radius 3 is 1.72 bits per heavy atom. The SMILES string of the molecule is CC12CC3CC(C1)CC(C)(C3)C2.CCCCCCl. The third-order valence-corrected chi connectivity index (χ3v) is 5.65. The normalized spacial score (nSPS) is 44.7. The molecule has 0 aromatic carbocycles. The van der Waals surface area contributed by atoms with E-state index in [-0.39, 0.29) is 0 Å². The zero-order valence-electron chi connectivity index (χ0n) is 12.6. The number of halogens is 1. The van der Waals surface area contributed by atoms with Gasteiger partial charge in [0.05, 0.1) is 0 Å². The van der Waals surface area contributed by atoms with Gasteiger partial charge in [-0.15, -0.1) is 11.6 Å². The molecule has 0 amide bonds. The van der Waals surface area contributed by atoms with Crippen molar-refractivity contribution in [2.45, 2.75) is 78.6 Å². The first-order valence-electron chi connectivity index (χ1n) is 8.05. The highest BCUT2D eigenvalue weighted by Gasteiger charge is 2.53. The van der Waals surface area contributed by atoms with Crippen LogP contribution in [0.25, 0.3) is 0 Å². The molecular formula is C17H31Cl. The first kappa shape index (κ1) is 14.7. The maximum atomic E-state index is 5.38. The summed E-state index contributed by atoms with van der Waals surface area (Å²) in [5.41, 5.74) is 1.53. The van der Waals surface area contributed by atoms with Gasteiger partial charge in [0.15, 0.2) is 0 Å². The topological polar surface area (TPSA) is 0 Å². The van der Waals surface area contributed by atoms with Gasteiger partial charge in [0.1, 0.15) is 0 Å². The number of unbranched alkanes of at least 4 members (excludes halogenated alkanes) is 2. The lowest BCUT2D eigenvalue weighted by atomic mass is 9.45. The molecule has 4 rings (SSSR count). The molecule has 0 unspecified atom stereocenters. The second-order valence-corrected chi connectivity index (χ2v) is 8.36. The van der Waals surface area contributed by atoms with E-state index in [0.717, 1.165) is 28.5 Å². The van der Waals surface area contributed by atoms with E-state index in [1.54, 1.807) is 32.1 Å². The molecule has 4 fully saturated rings. The molecule has 0 N–H and O–H groups in total. The van der Waals surface area contributed by atoms with Gasteiger partial charge in [0, 0.05) is 5.88 Å². The Bertz CT molecular complexity index is 233. The third-order valence-electron chi connectivity index (χ3n) is 5.38. The van der Waals surface area contributed by atoms with Crippen molar-refractivity contribution in [2.24, 2.45) is 22.7 Å².